The summed E-state index contributed by atoms with van der Waals surface area (Å²) >= 11 is 3.40. The summed E-state index contributed by atoms with van der Waals surface area (Å²) in [6, 6.07) is 6.31. The van der Waals surface area contributed by atoms with Gasteiger partial charge in [-0.05, 0) is 73.9 Å². The number of carbonyl (C=O) groups excluding carboxylic acids is 1. The van der Waals surface area contributed by atoms with E-state index in [1.165, 1.54) is 17.7 Å². The van der Waals surface area contributed by atoms with Crippen molar-refractivity contribution in [3.05, 3.63) is 45.7 Å². The van der Waals surface area contributed by atoms with Gasteiger partial charge < -0.3 is 18.9 Å². The lowest BCUT2D eigenvalue weighted by Gasteiger charge is -2.51. The van der Waals surface area contributed by atoms with Gasteiger partial charge in [0.1, 0.15) is 5.69 Å². The summed E-state index contributed by atoms with van der Waals surface area (Å²) in [4.78, 5) is 17.2. The van der Waals surface area contributed by atoms with Crippen molar-refractivity contribution in [3.8, 4) is 11.5 Å². The van der Waals surface area contributed by atoms with Crippen LogP contribution in [0.25, 0.3) is 0 Å². The Hall–Kier alpha value is -2.20. The normalized spacial score (nSPS) is 18.3. The number of likely N-dealkylation sites (N-methyl/N-ethyl adjacent to an activating group) is 1. The summed E-state index contributed by atoms with van der Waals surface area (Å²) in [5, 5.41) is 0. The number of methoxy groups -OCH3 is 1. The van der Waals surface area contributed by atoms with Crippen LogP contribution in [0.3, 0.4) is 0 Å². The predicted octanol–water partition coefficient (Wildman–Crippen LogP) is 5.14. The minimum atomic E-state index is -4.42. The topological polar surface area (TPSA) is 46.9 Å². The maximum atomic E-state index is 13.6. The van der Waals surface area contributed by atoms with Gasteiger partial charge in [-0.1, -0.05) is 0 Å². The second-order valence-electron chi connectivity index (χ2n) is 9.15. The Bertz CT molecular complexity index is 1080. The van der Waals surface area contributed by atoms with Crippen molar-refractivity contribution in [2.75, 3.05) is 33.8 Å². The summed E-state index contributed by atoms with van der Waals surface area (Å²) in [5.74, 6) is 0.927. The average molecular weight is 544 g/mol. The minimum Gasteiger partial charge on any atom is -0.493 e. The van der Waals surface area contributed by atoms with Crippen LogP contribution >= 0.6 is 15.9 Å². The molecule has 0 N–H and O–H groups in total. The quantitative estimate of drug-likeness (QED) is 0.535. The number of aromatic nitrogens is 1. The lowest BCUT2D eigenvalue weighted by atomic mass is 9.81. The van der Waals surface area contributed by atoms with Crippen LogP contribution in [0.4, 0.5) is 13.2 Å². The molecule has 3 heterocycles. The highest BCUT2D eigenvalue weighted by Crippen LogP contribution is 2.47. The molecular weight excluding hydrogens is 515 g/mol. The second-order valence-corrected chi connectivity index (χ2v) is 10.0. The molecule has 4 rings (SSSR count). The molecular formula is C24H29BrF3N3O3. The van der Waals surface area contributed by atoms with Gasteiger partial charge in [-0.25, -0.2) is 0 Å². The largest absolute Gasteiger partial charge is 0.493 e. The number of rotatable bonds is 4. The Labute approximate surface area is 205 Å². The van der Waals surface area contributed by atoms with Crippen LogP contribution in [0.1, 0.15) is 48.4 Å². The van der Waals surface area contributed by atoms with Crippen LogP contribution in [0.5, 0.6) is 11.5 Å². The van der Waals surface area contributed by atoms with Crippen molar-refractivity contribution in [2.45, 2.75) is 51.1 Å². The van der Waals surface area contributed by atoms with Gasteiger partial charge in [0.25, 0.3) is 5.91 Å². The highest BCUT2D eigenvalue weighted by molar-refractivity contribution is 9.10. The van der Waals surface area contributed by atoms with Crippen molar-refractivity contribution < 1.29 is 27.4 Å². The van der Waals surface area contributed by atoms with E-state index in [1.54, 1.807) is 23.1 Å². The number of carbonyl (C=O) groups is 1. The van der Waals surface area contributed by atoms with Crippen LogP contribution in [0.2, 0.25) is 0 Å². The molecule has 0 bridgehead atoms. The van der Waals surface area contributed by atoms with Gasteiger partial charge in [-0.15, -0.1) is 0 Å². The van der Waals surface area contributed by atoms with Crippen molar-refractivity contribution in [1.29, 1.82) is 0 Å². The maximum Gasteiger partial charge on any atom is 0.431 e. The SMILES string of the molecule is COc1cc(C(=O)N2CCC3(CC2)c2c(Br)cc(C(F)(F)F)n2CCN3C)ccc1OC(C)C. The van der Waals surface area contributed by atoms with E-state index in [-0.39, 0.29) is 18.6 Å². The first kappa shape index (κ1) is 24.9. The fourth-order valence-electron chi connectivity index (χ4n) is 5.13. The van der Waals surface area contributed by atoms with E-state index in [4.69, 9.17) is 9.47 Å². The smallest absolute Gasteiger partial charge is 0.431 e. The zero-order valence-corrected chi connectivity index (χ0v) is 21.3. The van der Waals surface area contributed by atoms with Crippen LogP contribution in [0.15, 0.2) is 28.7 Å². The number of alkyl halides is 3. The van der Waals surface area contributed by atoms with Gasteiger partial charge in [0.05, 0.1) is 24.4 Å². The summed E-state index contributed by atoms with van der Waals surface area (Å²) in [6.45, 7) is 5.50. The molecule has 2 aromatic rings. The van der Waals surface area contributed by atoms with Crippen LogP contribution in [-0.4, -0.2) is 60.2 Å². The zero-order valence-electron chi connectivity index (χ0n) is 19.7. The van der Waals surface area contributed by atoms with Gasteiger partial charge in [0, 0.05) is 36.2 Å². The van der Waals surface area contributed by atoms with Gasteiger partial charge in [0.15, 0.2) is 11.5 Å². The van der Waals surface area contributed by atoms with E-state index in [9.17, 15) is 18.0 Å². The Morgan fingerprint density at radius 3 is 2.35 bits per heavy atom. The standard InChI is InChI=1S/C24H29BrF3N3O3/c1-15(2)34-18-6-5-16(13-19(18)33-4)22(32)30-9-7-23(8-10-30)21-17(25)14-20(24(26,27)28)31(21)12-11-29(23)3/h5-6,13-15H,7-12H2,1-4H3. The predicted molar refractivity (Wildman–Crippen MR) is 125 cm³/mol. The van der Waals surface area contributed by atoms with Gasteiger partial charge in [0.2, 0.25) is 0 Å². The lowest BCUT2D eigenvalue weighted by Crippen LogP contribution is -2.57. The number of benzene rings is 1. The number of halogens is 4. The fourth-order valence-corrected chi connectivity index (χ4v) is 5.93. The molecule has 2 aliphatic heterocycles. The van der Waals surface area contributed by atoms with E-state index in [1.807, 2.05) is 20.9 Å². The molecule has 0 saturated carbocycles. The Morgan fingerprint density at radius 1 is 1.09 bits per heavy atom. The molecule has 1 aromatic carbocycles. The van der Waals surface area contributed by atoms with E-state index in [0.717, 1.165) is 0 Å². The average Bonchev–Trinajstić information content (AvgIpc) is 3.14. The molecule has 1 fully saturated rings. The van der Waals surface area contributed by atoms with Crippen molar-refractivity contribution in [2.24, 2.45) is 0 Å². The van der Waals surface area contributed by atoms with Crippen LogP contribution < -0.4 is 9.47 Å². The zero-order chi connectivity index (χ0) is 24.8. The first-order valence-corrected chi connectivity index (χ1v) is 12.1. The van der Waals surface area contributed by atoms with Gasteiger partial charge in [-0.3, -0.25) is 9.69 Å². The Morgan fingerprint density at radius 2 is 1.76 bits per heavy atom. The number of amides is 1. The molecule has 1 aromatic heterocycles. The molecule has 1 saturated heterocycles. The lowest BCUT2D eigenvalue weighted by molar-refractivity contribution is -0.144. The highest BCUT2D eigenvalue weighted by Gasteiger charge is 2.49. The first-order valence-electron chi connectivity index (χ1n) is 11.3. The van der Waals surface area contributed by atoms with Gasteiger partial charge in [-0.2, -0.15) is 13.2 Å². The summed E-state index contributed by atoms with van der Waals surface area (Å²) in [5.41, 5.74) is -0.0530. The molecule has 0 unspecified atom stereocenters. The van der Waals surface area contributed by atoms with E-state index < -0.39 is 17.4 Å². The highest BCUT2D eigenvalue weighted by atomic mass is 79.9. The van der Waals surface area contributed by atoms with Crippen LogP contribution in [-0.2, 0) is 18.3 Å². The Kier molecular flexibility index (Phi) is 6.67. The van der Waals surface area contributed by atoms with E-state index in [0.29, 0.717) is 59.7 Å². The molecule has 2 aliphatic rings. The minimum absolute atomic E-state index is 0.0302. The number of fused-ring (bicyclic) bond motifs is 2. The fraction of sp³-hybridized carbons (Fsp3) is 0.542. The second kappa shape index (κ2) is 9.11. The summed E-state index contributed by atoms with van der Waals surface area (Å²) < 4.78 is 53.9. The molecule has 0 aliphatic carbocycles. The number of ether oxygens (including phenoxy) is 2. The van der Waals surface area contributed by atoms with E-state index in [2.05, 4.69) is 20.8 Å². The summed E-state index contributed by atoms with van der Waals surface area (Å²) in [7, 11) is 3.48. The number of nitrogens with zero attached hydrogens (tertiary/aromatic N) is 3. The van der Waals surface area contributed by atoms with Crippen molar-refractivity contribution in [1.82, 2.24) is 14.4 Å². The third-order valence-electron chi connectivity index (χ3n) is 6.82. The molecule has 34 heavy (non-hydrogen) atoms. The molecule has 6 nitrogen and oxygen atoms in total. The summed E-state index contributed by atoms with van der Waals surface area (Å²) in [6.07, 6.45) is -3.36. The Balaban J connectivity index is 1.57. The monoisotopic (exact) mass is 543 g/mol. The molecule has 1 amide bonds. The molecule has 10 heteroatoms. The van der Waals surface area contributed by atoms with Crippen molar-refractivity contribution in [3.63, 3.8) is 0 Å². The number of piperidine rings is 1. The molecule has 0 radical (unpaired) electrons. The third kappa shape index (κ3) is 4.30. The molecule has 0 atom stereocenters. The molecule has 1 spiro atoms. The molecule has 186 valence electrons. The van der Waals surface area contributed by atoms with Crippen LogP contribution in [0, 0.1) is 0 Å². The van der Waals surface area contributed by atoms with Gasteiger partial charge >= 0.3 is 6.18 Å². The number of hydrogen-bond acceptors (Lipinski definition) is 4. The van der Waals surface area contributed by atoms with E-state index >= 15 is 0 Å². The number of hydrogen-bond donors (Lipinski definition) is 0. The number of likely N-dealkylation sites (tertiary alicyclic amines) is 1. The maximum absolute atomic E-state index is 13.6. The van der Waals surface area contributed by atoms with Crippen molar-refractivity contribution >= 4 is 21.8 Å². The third-order valence-corrected chi connectivity index (χ3v) is 7.43. The first-order chi connectivity index (χ1) is 16.0.